The summed E-state index contributed by atoms with van der Waals surface area (Å²) < 4.78 is 28.0. The first-order valence-corrected chi connectivity index (χ1v) is 7.19. The molecule has 5 heteroatoms. The summed E-state index contributed by atoms with van der Waals surface area (Å²) in [6, 6.07) is 9.18. The molecular weight excluding hydrogens is 375 g/mol. The number of rotatable bonds is 1. The van der Waals surface area contributed by atoms with Gasteiger partial charge in [0.2, 0.25) is 0 Å². The van der Waals surface area contributed by atoms with Crippen molar-refractivity contribution in [3.63, 3.8) is 0 Å². The predicted molar refractivity (Wildman–Crippen MR) is 80.9 cm³/mol. The van der Waals surface area contributed by atoms with Gasteiger partial charge in [0, 0.05) is 27.3 Å². The first kappa shape index (κ1) is 13.5. The van der Waals surface area contributed by atoms with Gasteiger partial charge in [0.05, 0.1) is 5.69 Å². The highest BCUT2D eigenvalue weighted by molar-refractivity contribution is 14.1. The van der Waals surface area contributed by atoms with E-state index in [0.29, 0.717) is 29.8 Å². The summed E-state index contributed by atoms with van der Waals surface area (Å²) in [6.45, 7) is 0.376. The topological polar surface area (TPSA) is 20.3 Å². The highest BCUT2D eigenvalue weighted by atomic mass is 127. The fourth-order valence-corrected chi connectivity index (χ4v) is 2.74. The molecule has 0 bridgehead atoms. The first-order chi connectivity index (χ1) is 9.56. The van der Waals surface area contributed by atoms with Gasteiger partial charge in [-0.2, -0.15) is 0 Å². The zero-order valence-corrected chi connectivity index (χ0v) is 12.5. The summed E-state index contributed by atoms with van der Waals surface area (Å²) >= 11 is 2.15. The maximum absolute atomic E-state index is 13.7. The maximum Gasteiger partial charge on any atom is 0.258 e. The molecule has 0 spiro atoms. The third-order valence-corrected chi connectivity index (χ3v) is 4.07. The number of carbonyl (C=O) groups is 1. The Balaban J connectivity index is 1.98. The number of hydrogen-bond donors (Lipinski definition) is 0. The molecule has 1 aliphatic heterocycles. The second-order valence-electron chi connectivity index (χ2n) is 4.60. The second-order valence-corrected chi connectivity index (χ2v) is 5.84. The molecule has 0 saturated carbocycles. The molecule has 3 rings (SSSR count). The standard InChI is InChI=1S/C15H10F2INO/c16-10-7-13(17)12-5-6-19(14(12)8-10)15(20)9-1-3-11(18)4-2-9/h1-4,7-8H,5-6H2. The van der Waals surface area contributed by atoms with Gasteiger partial charge in [-0.15, -0.1) is 0 Å². The molecule has 0 atom stereocenters. The van der Waals surface area contributed by atoms with Crippen LogP contribution in [0.4, 0.5) is 14.5 Å². The van der Waals surface area contributed by atoms with Gasteiger partial charge in [0.1, 0.15) is 11.6 Å². The fourth-order valence-electron chi connectivity index (χ4n) is 2.38. The average molecular weight is 385 g/mol. The van der Waals surface area contributed by atoms with Gasteiger partial charge in [-0.05, 0) is 59.3 Å². The van der Waals surface area contributed by atoms with E-state index in [2.05, 4.69) is 22.6 Å². The lowest BCUT2D eigenvalue weighted by molar-refractivity contribution is 0.0989. The Hall–Kier alpha value is -1.50. The molecule has 0 aromatic heterocycles. The Labute approximate surface area is 128 Å². The molecule has 0 unspecified atom stereocenters. The van der Waals surface area contributed by atoms with E-state index < -0.39 is 11.6 Å². The van der Waals surface area contributed by atoms with Gasteiger partial charge in [-0.25, -0.2) is 8.78 Å². The van der Waals surface area contributed by atoms with Crippen LogP contribution in [0.5, 0.6) is 0 Å². The maximum atomic E-state index is 13.7. The normalized spacial score (nSPS) is 13.4. The highest BCUT2D eigenvalue weighted by Gasteiger charge is 2.28. The number of benzene rings is 2. The minimum atomic E-state index is -0.663. The van der Waals surface area contributed by atoms with Crippen molar-refractivity contribution < 1.29 is 13.6 Å². The summed E-state index contributed by atoms with van der Waals surface area (Å²) in [5, 5.41) is 0. The number of hydrogen-bond acceptors (Lipinski definition) is 1. The van der Waals surface area contributed by atoms with Gasteiger partial charge in [0.25, 0.3) is 5.91 Å². The first-order valence-electron chi connectivity index (χ1n) is 6.11. The zero-order valence-electron chi connectivity index (χ0n) is 10.4. The Bertz CT molecular complexity index is 685. The van der Waals surface area contributed by atoms with E-state index in [-0.39, 0.29) is 5.91 Å². The van der Waals surface area contributed by atoms with Crippen molar-refractivity contribution in [1.29, 1.82) is 0 Å². The van der Waals surface area contributed by atoms with E-state index in [4.69, 9.17) is 0 Å². The number of halogens is 3. The van der Waals surface area contributed by atoms with E-state index in [9.17, 15) is 13.6 Å². The molecule has 20 heavy (non-hydrogen) atoms. The van der Waals surface area contributed by atoms with Crippen molar-refractivity contribution in [2.45, 2.75) is 6.42 Å². The van der Waals surface area contributed by atoms with Crippen LogP contribution in [0.3, 0.4) is 0 Å². The van der Waals surface area contributed by atoms with E-state index in [1.54, 1.807) is 12.1 Å². The van der Waals surface area contributed by atoms with Crippen LogP contribution in [-0.4, -0.2) is 12.5 Å². The van der Waals surface area contributed by atoms with Crippen LogP contribution >= 0.6 is 22.6 Å². The highest BCUT2D eigenvalue weighted by Crippen LogP contribution is 2.32. The Morgan fingerprint density at radius 1 is 1.15 bits per heavy atom. The smallest absolute Gasteiger partial charge is 0.258 e. The van der Waals surface area contributed by atoms with Crippen LogP contribution in [0.15, 0.2) is 36.4 Å². The molecule has 1 amide bonds. The number of fused-ring (bicyclic) bond motifs is 1. The molecule has 1 aliphatic rings. The summed E-state index contributed by atoms with van der Waals surface area (Å²) in [6.07, 6.45) is 0.414. The van der Waals surface area contributed by atoms with E-state index >= 15 is 0 Å². The quantitative estimate of drug-likeness (QED) is 0.685. The second kappa shape index (κ2) is 5.12. The Kier molecular flexibility index (Phi) is 3.45. The third kappa shape index (κ3) is 2.30. The van der Waals surface area contributed by atoms with Crippen LogP contribution in [0.25, 0.3) is 0 Å². The predicted octanol–water partition coefficient (Wildman–Crippen LogP) is 3.77. The molecule has 1 heterocycles. The molecule has 2 nitrogen and oxygen atoms in total. The fraction of sp³-hybridized carbons (Fsp3) is 0.133. The monoisotopic (exact) mass is 385 g/mol. The largest absolute Gasteiger partial charge is 0.308 e. The van der Waals surface area contributed by atoms with E-state index in [1.807, 2.05) is 12.1 Å². The van der Waals surface area contributed by atoms with Gasteiger partial charge in [-0.1, -0.05) is 0 Å². The lowest BCUT2D eigenvalue weighted by atomic mass is 10.1. The van der Waals surface area contributed by atoms with E-state index in [0.717, 1.165) is 9.64 Å². The summed E-state index contributed by atoms with van der Waals surface area (Å²) in [4.78, 5) is 13.9. The Morgan fingerprint density at radius 2 is 1.85 bits per heavy atom. The molecule has 0 radical (unpaired) electrons. The molecule has 0 N–H and O–H groups in total. The summed E-state index contributed by atoms with van der Waals surface area (Å²) in [7, 11) is 0. The molecule has 0 fully saturated rings. The summed E-state index contributed by atoms with van der Waals surface area (Å²) in [5.74, 6) is -1.48. The van der Waals surface area contributed by atoms with Crippen molar-refractivity contribution in [3.05, 3.63) is 62.7 Å². The molecule has 0 aliphatic carbocycles. The van der Waals surface area contributed by atoms with Crippen LogP contribution in [0.1, 0.15) is 15.9 Å². The van der Waals surface area contributed by atoms with Crippen LogP contribution in [0.2, 0.25) is 0 Å². The molecule has 102 valence electrons. The number of nitrogens with zero attached hydrogens (tertiary/aromatic N) is 1. The van der Waals surface area contributed by atoms with Crippen molar-refractivity contribution in [2.24, 2.45) is 0 Å². The molecule has 2 aromatic rings. The number of anilines is 1. The van der Waals surface area contributed by atoms with Crippen molar-refractivity contribution in [3.8, 4) is 0 Å². The van der Waals surface area contributed by atoms with Gasteiger partial charge in [-0.3, -0.25) is 4.79 Å². The lowest BCUT2D eigenvalue weighted by Gasteiger charge is -2.17. The Morgan fingerprint density at radius 3 is 2.55 bits per heavy atom. The van der Waals surface area contributed by atoms with Crippen LogP contribution < -0.4 is 4.90 Å². The van der Waals surface area contributed by atoms with Crippen molar-refractivity contribution in [2.75, 3.05) is 11.4 Å². The molecule has 0 saturated heterocycles. The lowest BCUT2D eigenvalue weighted by Crippen LogP contribution is -2.28. The van der Waals surface area contributed by atoms with Gasteiger partial charge < -0.3 is 4.90 Å². The minimum absolute atomic E-state index is 0.231. The SMILES string of the molecule is O=C(c1ccc(I)cc1)N1CCc2c(F)cc(F)cc21. The van der Waals surface area contributed by atoms with Crippen molar-refractivity contribution in [1.82, 2.24) is 0 Å². The van der Waals surface area contributed by atoms with E-state index in [1.165, 1.54) is 11.0 Å². The van der Waals surface area contributed by atoms with Gasteiger partial charge in [0.15, 0.2) is 0 Å². The van der Waals surface area contributed by atoms with Crippen molar-refractivity contribution >= 4 is 34.2 Å². The summed E-state index contributed by atoms with van der Waals surface area (Å²) in [5.41, 5.74) is 1.26. The van der Waals surface area contributed by atoms with Crippen LogP contribution in [-0.2, 0) is 6.42 Å². The van der Waals surface area contributed by atoms with Gasteiger partial charge >= 0.3 is 0 Å². The molecule has 2 aromatic carbocycles. The average Bonchev–Trinajstić information content (AvgIpc) is 2.82. The minimum Gasteiger partial charge on any atom is -0.308 e. The third-order valence-electron chi connectivity index (χ3n) is 3.35. The zero-order chi connectivity index (χ0) is 14.3. The number of amides is 1. The number of carbonyl (C=O) groups excluding carboxylic acids is 1. The van der Waals surface area contributed by atoms with Crippen LogP contribution in [0, 0.1) is 15.2 Å². The molecular formula is C15H10F2INO.